The number of nitrogens with one attached hydrogen (secondary N) is 2. The number of esters is 1. The first-order valence-corrected chi connectivity index (χ1v) is 18.5. The molecule has 4 saturated heterocycles. The molecular formula is C33H54N2O24. The average molecular weight is 863 g/mol. The predicted octanol–water partition coefficient (Wildman–Crippen LogP) is -8.66. The molecule has 0 unspecified atom stereocenters. The first-order valence-electron chi connectivity index (χ1n) is 18.5. The maximum absolute atomic E-state index is 13.1. The van der Waals surface area contributed by atoms with Crippen molar-refractivity contribution in [2.24, 2.45) is 0 Å². The molecule has 0 aromatic heterocycles. The van der Waals surface area contributed by atoms with Crippen molar-refractivity contribution >= 4 is 23.8 Å². The van der Waals surface area contributed by atoms with E-state index < -0.39 is 178 Å². The lowest BCUT2D eigenvalue weighted by molar-refractivity contribution is -0.390. The van der Waals surface area contributed by atoms with E-state index in [0.29, 0.717) is 0 Å². The Kier molecular flexibility index (Phi) is 16.8. The zero-order chi connectivity index (χ0) is 44.3. The highest BCUT2D eigenvalue weighted by Gasteiger charge is 2.61. The molecule has 0 aromatic rings. The summed E-state index contributed by atoms with van der Waals surface area (Å²) < 4.78 is 45.3. The summed E-state index contributed by atoms with van der Waals surface area (Å²) in [6.07, 6.45) is -35.3. The number of aliphatic hydroxyl groups excluding tert-OH is 11. The molecule has 21 atom stereocenters. The van der Waals surface area contributed by atoms with E-state index in [1.807, 2.05) is 0 Å². The molecular weight excluding hydrogens is 808 g/mol. The summed E-state index contributed by atoms with van der Waals surface area (Å²) in [7, 11) is 0. The number of amides is 2. The van der Waals surface area contributed by atoms with Crippen molar-refractivity contribution in [1.29, 1.82) is 0 Å². The predicted molar refractivity (Wildman–Crippen MR) is 182 cm³/mol. The van der Waals surface area contributed by atoms with E-state index in [1.165, 1.54) is 6.92 Å². The van der Waals surface area contributed by atoms with Crippen molar-refractivity contribution in [2.75, 3.05) is 19.8 Å². The number of carbonyl (C=O) groups excluding carboxylic acids is 3. The lowest BCUT2D eigenvalue weighted by Crippen LogP contribution is -2.71. The Morgan fingerprint density at radius 2 is 1.31 bits per heavy atom. The fraction of sp³-hybridized carbons (Fsp3) is 0.879. The van der Waals surface area contributed by atoms with E-state index >= 15 is 0 Å². The van der Waals surface area contributed by atoms with Gasteiger partial charge in [0.2, 0.25) is 11.8 Å². The summed E-state index contributed by atoms with van der Waals surface area (Å²) in [5.41, 5.74) is 0. The van der Waals surface area contributed by atoms with Crippen molar-refractivity contribution in [3.05, 3.63) is 0 Å². The van der Waals surface area contributed by atoms with E-state index in [0.717, 1.165) is 20.8 Å². The maximum atomic E-state index is 13.1. The number of carbonyl (C=O) groups is 4. The Morgan fingerprint density at radius 1 is 0.729 bits per heavy atom. The van der Waals surface area contributed by atoms with Crippen LogP contribution in [0.5, 0.6) is 0 Å². The Morgan fingerprint density at radius 3 is 1.85 bits per heavy atom. The highest BCUT2D eigenvalue weighted by Crippen LogP contribution is 2.40. The van der Waals surface area contributed by atoms with Crippen molar-refractivity contribution in [1.82, 2.24) is 10.6 Å². The van der Waals surface area contributed by atoms with Crippen LogP contribution in [0, 0.1) is 0 Å². The number of rotatable bonds is 15. The van der Waals surface area contributed by atoms with Crippen LogP contribution in [0.1, 0.15) is 34.1 Å². The minimum absolute atomic E-state index is 0.776. The van der Waals surface area contributed by atoms with Crippen molar-refractivity contribution in [3.8, 4) is 0 Å². The Hall–Kier alpha value is -2.84. The van der Waals surface area contributed by atoms with Crippen LogP contribution >= 0.6 is 0 Å². The van der Waals surface area contributed by atoms with Gasteiger partial charge >= 0.3 is 11.9 Å². The van der Waals surface area contributed by atoms with Crippen molar-refractivity contribution in [2.45, 2.75) is 162 Å². The summed E-state index contributed by atoms with van der Waals surface area (Å²) in [6, 6.07) is -3.24. The summed E-state index contributed by atoms with van der Waals surface area (Å²) in [5.74, 6) is -7.80. The molecule has 0 bridgehead atoms. The molecule has 14 N–H and O–H groups in total. The second-order valence-electron chi connectivity index (χ2n) is 14.6. The van der Waals surface area contributed by atoms with Gasteiger partial charge in [0.1, 0.15) is 91.5 Å². The molecule has 4 rings (SSSR count). The summed E-state index contributed by atoms with van der Waals surface area (Å²) >= 11 is 0. The third-order valence-corrected chi connectivity index (χ3v) is 10.2. The van der Waals surface area contributed by atoms with Crippen molar-refractivity contribution < 1.29 is 118 Å². The van der Waals surface area contributed by atoms with Gasteiger partial charge in [-0.25, -0.2) is 4.79 Å². The molecule has 4 aliphatic rings. The minimum atomic E-state index is -3.16. The fourth-order valence-electron chi connectivity index (χ4n) is 7.30. The van der Waals surface area contributed by atoms with E-state index in [9.17, 15) is 80.5 Å². The van der Waals surface area contributed by atoms with Gasteiger partial charge in [0.15, 0.2) is 18.9 Å². The van der Waals surface area contributed by atoms with Gasteiger partial charge in [-0.2, -0.15) is 0 Å². The monoisotopic (exact) mass is 862 g/mol. The van der Waals surface area contributed by atoms with Gasteiger partial charge in [-0.1, -0.05) is 0 Å². The number of aliphatic carboxylic acids is 1. The zero-order valence-corrected chi connectivity index (χ0v) is 32.1. The molecule has 59 heavy (non-hydrogen) atoms. The Labute approximate surface area is 335 Å². The molecule has 26 nitrogen and oxygen atoms in total. The minimum Gasteiger partial charge on any atom is -0.477 e. The normalized spacial score (nSPS) is 43.8. The van der Waals surface area contributed by atoms with Gasteiger partial charge in [-0.3, -0.25) is 14.4 Å². The lowest BCUT2D eigenvalue weighted by atomic mass is 9.87. The van der Waals surface area contributed by atoms with Gasteiger partial charge in [-0.05, 0) is 6.92 Å². The number of carboxylic acid groups (broad SMARTS) is 1. The Balaban J connectivity index is 1.75. The number of hydrogen-bond acceptors (Lipinski definition) is 23. The molecule has 340 valence electrons. The largest absolute Gasteiger partial charge is 0.477 e. The van der Waals surface area contributed by atoms with Crippen LogP contribution < -0.4 is 10.6 Å². The first-order chi connectivity index (χ1) is 27.6. The quantitative estimate of drug-likeness (QED) is 0.0680. The van der Waals surface area contributed by atoms with Crippen LogP contribution in [0.25, 0.3) is 0 Å². The van der Waals surface area contributed by atoms with Crippen LogP contribution in [0.15, 0.2) is 0 Å². The fourth-order valence-corrected chi connectivity index (χ4v) is 7.30. The molecule has 0 radical (unpaired) electrons. The molecule has 4 heterocycles. The molecule has 2 amide bonds. The van der Waals surface area contributed by atoms with Crippen LogP contribution in [0.3, 0.4) is 0 Å². The lowest BCUT2D eigenvalue weighted by Gasteiger charge is -2.51. The van der Waals surface area contributed by atoms with Gasteiger partial charge in [0, 0.05) is 20.8 Å². The van der Waals surface area contributed by atoms with E-state index in [1.54, 1.807) is 0 Å². The molecule has 0 spiro atoms. The number of carboxylic acids is 1. The highest BCUT2D eigenvalue weighted by molar-refractivity contribution is 5.77. The van der Waals surface area contributed by atoms with Crippen LogP contribution in [0.4, 0.5) is 0 Å². The second-order valence-corrected chi connectivity index (χ2v) is 14.6. The van der Waals surface area contributed by atoms with Crippen LogP contribution in [-0.4, -0.2) is 233 Å². The second kappa shape index (κ2) is 20.4. The van der Waals surface area contributed by atoms with Gasteiger partial charge in [0.25, 0.3) is 5.79 Å². The average Bonchev–Trinajstić information content (AvgIpc) is 3.17. The number of ether oxygens (including phenoxy) is 8. The molecule has 0 saturated carbocycles. The molecule has 4 aliphatic heterocycles. The summed E-state index contributed by atoms with van der Waals surface area (Å²) in [6.45, 7) is 1.13. The zero-order valence-electron chi connectivity index (χ0n) is 32.1. The maximum Gasteiger partial charge on any atom is 0.364 e. The third kappa shape index (κ3) is 10.8. The molecule has 4 fully saturated rings. The standard InChI is InChI=1S/C33H54N2O24/c1-9-19(43)22(46)23(47)30(52-9)57-27-18(35-11(3)40)29(49)54-16(8-38)25(27)56-31-24(48)28(21(45)15(7-37)55-31)59-33(32(50)51)5-14(53-12(4)41)17(34-10(2)39)26(58-33)20(44)13(42)6-36/h9,13-31,36-38,42-49H,5-8H2,1-4H3,(H,34,39)(H,35,40)(H,50,51)/t9-,13+,14-,15+,16+,17+,18+,19+,20+,21-,22+,23-,24+,25+,26+,27+,28-,29+,30-,31-,33-/m0/s1. The molecule has 0 aromatic carbocycles. The number of hydrogen-bond donors (Lipinski definition) is 14. The number of aliphatic hydroxyl groups is 11. The summed E-state index contributed by atoms with van der Waals surface area (Å²) in [5, 5.41) is 132. The van der Waals surface area contributed by atoms with E-state index in [4.69, 9.17) is 37.9 Å². The van der Waals surface area contributed by atoms with Crippen LogP contribution in [-0.2, 0) is 57.1 Å². The molecule has 0 aliphatic carbocycles. The van der Waals surface area contributed by atoms with Crippen molar-refractivity contribution in [3.63, 3.8) is 0 Å². The van der Waals surface area contributed by atoms with E-state index in [2.05, 4.69) is 10.6 Å². The van der Waals surface area contributed by atoms with E-state index in [-0.39, 0.29) is 0 Å². The van der Waals surface area contributed by atoms with Gasteiger partial charge < -0.3 is 110 Å². The third-order valence-electron chi connectivity index (χ3n) is 10.2. The summed E-state index contributed by atoms with van der Waals surface area (Å²) in [4.78, 5) is 49.7. The first kappa shape index (κ1) is 48.8. The van der Waals surface area contributed by atoms with Gasteiger partial charge in [0.05, 0.1) is 38.4 Å². The topological polar surface area (TPSA) is 409 Å². The SMILES string of the molecule is CC(=O)N[C@@H]1[C@@H](O[C@@H]2O[C@@H](C)[C@@H](O)[C@@H](O)[C@@H]2O)[C@H](O[C@@H]2O[C@H](CO)[C@H](O)[C@H](O[C@]3(C(=O)O)C[C@H](OC(C)=O)[C@@H](NC(C)=O)[C@H]([C@H](O)[C@H](O)CO)O3)[C@H]2O)[C@@H](CO)O[C@H]1O. The Bertz CT molecular complexity index is 1450. The molecule has 26 heteroatoms. The highest BCUT2D eigenvalue weighted by atomic mass is 16.8. The van der Waals surface area contributed by atoms with Gasteiger partial charge in [-0.15, -0.1) is 0 Å². The smallest absolute Gasteiger partial charge is 0.364 e. The van der Waals surface area contributed by atoms with Crippen LogP contribution in [0.2, 0.25) is 0 Å².